The molecule has 1 aromatic carbocycles. The van der Waals surface area contributed by atoms with Crippen LogP contribution in [0.5, 0.6) is 0 Å². The molecular weight excluding hydrogens is 396 g/mol. The van der Waals surface area contributed by atoms with Crippen molar-refractivity contribution in [3.8, 4) is 6.07 Å². The third-order valence-corrected chi connectivity index (χ3v) is 4.40. The number of benzene rings is 1. The number of cyclic esters (lactones) is 2. The van der Waals surface area contributed by atoms with Crippen LogP contribution in [0.15, 0.2) is 28.7 Å². The van der Waals surface area contributed by atoms with Crippen molar-refractivity contribution in [2.24, 2.45) is 17.6 Å². The highest BCUT2D eigenvalue weighted by Crippen LogP contribution is 2.38. The van der Waals surface area contributed by atoms with Gasteiger partial charge in [-0.05, 0) is 17.7 Å². The number of thiocarbonyl (C=S) groups is 1. The molecule has 1 aliphatic rings. The Morgan fingerprint density at radius 2 is 1.79 bits per heavy atom. The number of halogens is 1. The van der Waals surface area contributed by atoms with Crippen molar-refractivity contribution < 1.29 is 19.1 Å². The standard InChI is InChI=1S/C16H15BrN2O4S/c1-16(2)22-14(20)12(15(21)23-16)11(10(7-18)13(19)24)8-3-5-9(17)6-4-8/h3-6,10-12H,1-2H3,(H2,19,24)/t10-,11-/m0/s1. The summed E-state index contributed by atoms with van der Waals surface area (Å²) in [5.74, 6) is -6.10. The molecule has 0 bridgehead atoms. The van der Waals surface area contributed by atoms with Gasteiger partial charge in [-0.25, -0.2) is 0 Å². The minimum absolute atomic E-state index is 0.101. The second-order valence-electron chi connectivity index (χ2n) is 5.81. The van der Waals surface area contributed by atoms with Gasteiger partial charge in [-0.15, -0.1) is 0 Å². The van der Waals surface area contributed by atoms with Crippen LogP contribution >= 0.6 is 28.1 Å². The number of ether oxygens (including phenoxy) is 2. The molecule has 0 spiro atoms. The molecule has 8 heteroatoms. The summed E-state index contributed by atoms with van der Waals surface area (Å²) in [6.45, 7) is 2.92. The number of nitrogens with two attached hydrogens (primary N) is 1. The topological polar surface area (TPSA) is 102 Å². The molecule has 24 heavy (non-hydrogen) atoms. The lowest BCUT2D eigenvalue weighted by molar-refractivity contribution is -0.241. The largest absolute Gasteiger partial charge is 0.422 e. The van der Waals surface area contributed by atoms with Gasteiger partial charge in [-0.1, -0.05) is 40.3 Å². The van der Waals surface area contributed by atoms with Crippen molar-refractivity contribution >= 4 is 45.1 Å². The van der Waals surface area contributed by atoms with Crippen LogP contribution < -0.4 is 5.73 Å². The highest BCUT2D eigenvalue weighted by molar-refractivity contribution is 9.10. The summed E-state index contributed by atoms with van der Waals surface area (Å²) in [4.78, 5) is 24.7. The molecular formula is C16H15BrN2O4S. The Labute approximate surface area is 153 Å². The monoisotopic (exact) mass is 410 g/mol. The Balaban J connectivity index is 2.52. The minimum atomic E-state index is -1.35. The summed E-state index contributed by atoms with van der Waals surface area (Å²) in [6, 6.07) is 8.84. The molecule has 1 heterocycles. The fourth-order valence-corrected chi connectivity index (χ4v) is 3.07. The van der Waals surface area contributed by atoms with Gasteiger partial charge in [0.15, 0.2) is 5.92 Å². The Morgan fingerprint density at radius 3 is 2.21 bits per heavy atom. The van der Waals surface area contributed by atoms with Gasteiger partial charge in [0, 0.05) is 24.2 Å². The molecule has 0 saturated carbocycles. The van der Waals surface area contributed by atoms with Crippen LogP contribution in [-0.4, -0.2) is 22.7 Å². The van der Waals surface area contributed by atoms with Gasteiger partial charge in [0.05, 0.1) is 11.1 Å². The fourth-order valence-electron chi connectivity index (χ4n) is 2.60. The molecule has 126 valence electrons. The van der Waals surface area contributed by atoms with E-state index in [1.165, 1.54) is 13.8 Å². The van der Waals surface area contributed by atoms with Crippen LogP contribution in [-0.2, 0) is 19.1 Å². The second kappa shape index (κ2) is 6.87. The number of esters is 2. The second-order valence-corrected chi connectivity index (χ2v) is 7.19. The van der Waals surface area contributed by atoms with Crippen molar-refractivity contribution in [2.75, 3.05) is 0 Å². The van der Waals surface area contributed by atoms with E-state index in [9.17, 15) is 14.9 Å². The number of carbonyl (C=O) groups excluding carboxylic acids is 2. The van der Waals surface area contributed by atoms with Crippen LogP contribution in [0.2, 0.25) is 0 Å². The number of nitriles is 1. The maximum atomic E-state index is 12.4. The van der Waals surface area contributed by atoms with Crippen molar-refractivity contribution in [1.82, 2.24) is 0 Å². The molecule has 1 fully saturated rings. The summed E-state index contributed by atoms with van der Waals surface area (Å²) in [6.07, 6.45) is 0. The van der Waals surface area contributed by atoms with Crippen molar-refractivity contribution in [2.45, 2.75) is 25.6 Å². The smallest absolute Gasteiger partial charge is 0.324 e. The Morgan fingerprint density at radius 1 is 1.29 bits per heavy atom. The van der Waals surface area contributed by atoms with Crippen LogP contribution in [0.25, 0.3) is 0 Å². The average Bonchev–Trinajstić information content (AvgIpc) is 2.45. The van der Waals surface area contributed by atoms with Gasteiger partial charge < -0.3 is 15.2 Å². The highest BCUT2D eigenvalue weighted by atomic mass is 79.9. The zero-order valence-corrected chi connectivity index (χ0v) is 15.4. The van der Waals surface area contributed by atoms with Crippen molar-refractivity contribution in [3.63, 3.8) is 0 Å². The summed E-state index contributed by atoms with van der Waals surface area (Å²) in [5.41, 5.74) is 6.23. The Kier molecular flexibility index (Phi) is 5.26. The number of nitrogens with zero attached hydrogens (tertiary/aromatic N) is 1. The van der Waals surface area contributed by atoms with Gasteiger partial charge in [-0.3, -0.25) is 9.59 Å². The van der Waals surface area contributed by atoms with Crippen molar-refractivity contribution in [1.29, 1.82) is 5.26 Å². The molecule has 1 aliphatic heterocycles. The van der Waals surface area contributed by atoms with Crippen LogP contribution in [0.1, 0.15) is 25.3 Å². The summed E-state index contributed by atoms with van der Waals surface area (Å²) < 4.78 is 11.2. The molecule has 0 radical (unpaired) electrons. The van der Waals surface area contributed by atoms with E-state index in [0.717, 1.165) is 4.47 Å². The molecule has 2 atom stereocenters. The van der Waals surface area contributed by atoms with Crippen LogP contribution in [0.4, 0.5) is 0 Å². The molecule has 6 nitrogen and oxygen atoms in total. The molecule has 0 aromatic heterocycles. The van der Waals surface area contributed by atoms with E-state index in [4.69, 9.17) is 27.4 Å². The summed E-state index contributed by atoms with van der Waals surface area (Å²) in [5, 5.41) is 9.46. The summed E-state index contributed by atoms with van der Waals surface area (Å²) >= 11 is 8.27. The van der Waals surface area contributed by atoms with E-state index in [-0.39, 0.29) is 4.99 Å². The van der Waals surface area contributed by atoms with Gasteiger partial charge in [-0.2, -0.15) is 5.26 Å². The molecule has 1 saturated heterocycles. The third kappa shape index (κ3) is 3.74. The van der Waals surface area contributed by atoms with E-state index >= 15 is 0 Å². The zero-order chi connectivity index (χ0) is 18.1. The van der Waals surface area contributed by atoms with E-state index in [1.54, 1.807) is 24.3 Å². The zero-order valence-electron chi connectivity index (χ0n) is 13.0. The maximum Gasteiger partial charge on any atom is 0.324 e. The number of rotatable bonds is 4. The van der Waals surface area contributed by atoms with E-state index < -0.39 is 35.5 Å². The highest BCUT2D eigenvalue weighted by Gasteiger charge is 2.50. The molecule has 0 amide bonds. The molecule has 2 N–H and O–H groups in total. The normalized spacial score (nSPS) is 19.6. The van der Waals surface area contributed by atoms with Crippen molar-refractivity contribution in [3.05, 3.63) is 34.3 Å². The Bertz CT molecular complexity index is 707. The van der Waals surface area contributed by atoms with Gasteiger partial charge in [0.1, 0.15) is 5.92 Å². The SMILES string of the molecule is CC1(C)OC(=O)C([C@@H](c2ccc(Br)cc2)[C@H](C#N)C(N)=S)C(=O)O1. The number of carbonyl (C=O) groups is 2. The Hall–Kier alpha value is -1.98. The first-order chi connectivity index (χ1) is 11.2. The van der Waals surface area contributed by atoms with Crippen LogP contribution in [0.3, 0.4) is 0 Å². The lowest BCUT2D eigenvalue weighted by atomic mass is 9.76. The first kappa shape index (κ1) is 18.4. The predicted octanol–water partition coefficient (Wildman–Crippen LogP) is 2.41. The fraction of sp³-hybridized carbons (Fsp3) is 0.375. The predicted molar refractivity (Wildman–Crippen MR) is 92.5 cm³/mol. The molecule has 1 aromatic rings. The average molecular weight is 411 g/mol. The first-order valence-corrected chi connectivity index (χ1v) is 8.26. The van der Waals surface area contributed by atoms with E-state index in [2.05, 4.69) is 15.9 Å². The molecule has 0 aliphatic carbocycles. The summed E-state index contributed by atoms with van der Waals surface area (Å²) in [7, 11) is 0. The molecule has 0 unspecified atom stereocenters. The number of hydrogen-bond acceptors (Lipinski definition) is 6. The molecule has 2 rings (SSSR count). The minimum Gasteiger partial charge on any atom is -0.422 e. The first-order valence-electron chi connectivity index (χ1n) is 7.06. The maximum absolute atomic E-state index is 12.4. The third-order valence-electron chi connectivity index (χ3n) is 3.62. The van der Waals surface area contributed by atoms with Gasteiger partial charge in [0.2, 0.25) is 0 Å². The van der Waals surface area contributed by atoms with E-state index in [1.807, 2.05) is 6.07 Å². The number of hydrogen-bond donors (Lipinski definition) is 1. The van der Waals surface area contributed by atoms with E-state index in [0.29, 0.717) is 5.56 Å². The van der Waals surface area contributed by atoms with Gasteiger partial charge in [0.25, 0.3) is 5.79 Å². The van der Waals surface area contributed by atoms with Gasteiger partial charge >= 0.3 is 11.9 Å². The lowest BCUT2D eigenvalue weighted by Crippen LogP contribution is -2.50. The van der Waals surface area contributed by atoms with Crippen LogP contribution in [0, 0.1) is 23.2 Å². The quantitative estimate of drug-likeness (QED) is 0.461. The lowest BCUT2D eigenvalue weighted by Gasteiger charge is -2.37.